The number of aromatic amines is 1. The van der Waals surface area contributed by atoms with Crippen LogP contribution in [-0.4, -0.2) is 21.0 Å². The van der Waals surface area contributed by atoms with E-state index in [1.54, 1.807) is 18.5 Å². The zero-order chi connectivity index (χ0) is 13.9. The zero-order valence-corrected chi connectivity index (χ0v) is 10.6. The van der Waals surface area contributed by atoms with Gasteiger partial charge in [0.2, 0.25) is 0 Å². The van der Waals surface area contributed by atoms with Gasteiger partial charge < -0.3 is 15.4 Å². The number of nitrogens with zero attached hydrogens (tertiary/aromatic N) is 1. The number of aromatic nitrogens is 2. The van der Waals surface area contributed by atoms with Crippen molar-refractivity contribution in [1.82, 2.24) is 15.3 Å². The number of carbonyl (C=O) groups excluding carboxylic acids is 1. The van der Waals surface area contributed by atoms with E-state index in [0.29, 0.717) is 12.1 Å². The average molecular weight is 267 g/mol. The molecule has 3 N–H and O–H groups in total. The lowest BCUT2D eigenvalue weighted by Crippen LogP contribution is -2.22. The molecule has 2 aromatic carbocycles. The lowest BCUT2D eigenvalue weighted by atomic mass is 10.1. The fourth-order valence-electron chi connectivity index (χ4n) is 1.99. The van der Waals surface area contributed by atoms with Crippen LogP contribution in [0.5, 0.6) is 5.75 Å². The van der Waals surface area contributed by atoms with Crippen molar-refractivity contribution in [1.29, 1.82) is 0 Å². The van der Waals surface area contributed by atoms with Crippen LogP contribution >= 0.6 is 0 Å². The summed E-state index contributed by atoms with van der Waals surface area (Å²) in [7, 11) is 0. The first kappa shape index (κ1) is 12.2. The molecule has 5 nitrogen and oxygen atoms in total. The first-order valence-electron chi connectivity index (χ1n) is 6.21. The van der Waals surface area contributed by atoms with Gasteiger partial charge in [-0.25, -0.2) is 4.98 Å². The van der Waals surface area contributed by atoms with E-state index in [9.17, 15) is 9.90 Å². The fraction of sp³-hybridized carbons (Fsp3) is 0.0667. The van der Waals surface area contributed by atoms with Gasteiger partial charge in [-0.15, -0.1) is 0 Å². The highest BCUT2D eigenvalue weighted by molar-refractivity contribution is 5.94. The number of amides is 1. The number of fused-ring (bicyclic) bond motifs is 1. The third-order valence-electron chi connectivity index (χ3n) is 3.07. The minimum atomic E-state index is -0.172. The number of phenolic OH excluding ortho intramolecular Hbond substituents is 1. The third-order valence-corrected chi connectivity index (χ3v) is 3.07. The summed E-state index contributed by atoms with van der Waals surface area (Å²) in [5, 5.41) is 12.0. The molecule has 0 saturated heterocycles. The number of hydrogen-bond donors (Lipinski definition) is 3. The van der Waals surface area contributed by atoms with Crippen molar-refractivity contribution in [2.24, 2.45) is 0 Å². The SMILES string of the molecule is O=C(NCc1ccc2nc[nH]c2c1)c1ccc(O)cc1. The van der Waals surface area contributed by atoms with Gasteiger partial charge >= 0.3 is 0 Å². The normalized spacial score (nSPS) is 10.6. The Hall–Kier alpha value is -2.82. The fourth-order valence-corrected chi connectivity index (χ4v) is 1.99. The van der Waals surface area contributed by atoms with Crippen molar-refractivity contribution in [3.63, 3.8) is 0 Å². The topological polar surface area (TPSA) is 78.0 Å². The number of nitrogens with one attached hydrogen (secondary N) is 2. The molecule has 1 aromatic heterocycles. The molecule has 0 saturated carbocycles. The second-order valence-electron chi connectivity index (χ2n) is 4.48. The Balaban J connectivity index is 1.69. The van der Waals surface area contributed by atoms with Crippen LogP contribution < -0.4 is 5.32 Å². The summed E-state index contributed by atoms with van der Waals surface area (Å²) in [6.45, 7) is 0.439. The summed E-state index contributed by atoms with van der Waals surface area (Å²) in [4.78, 5) is 19.1. The van der Waals surface area contributed by atoms with E-state index in [2.05, 4.69) is 15.3 Å². The molecular weight excluding hydrogens is 254 g/mol. The molecule has 0 spiro atoms. The third kappa shape index (κ3) is 2.47. The van der Waals surface area contributed by atoms with Crippen LogP contribution in [0.2, 0.25) is 0 Å². The van der Waals surface area contributed by atoms with Gasteiger partial charge in [-0.3, -0.25) is 4.79 Å². The Bertz CT molecular complexity index is 747. The number of rotatable bonds is 3. The van der Waals surface area contributed by atoms with Crippen molar-refractivity contribution < 1.29 is 9.90 Å². The van der Waals surface area contributed by atoms with Gasteiger partial charge in [-0.05, 0) is 42.0 Å². The van der Waals surface area contributed by atoms with Crippen molar-refractivity contribution in [3.8, 4) is 5.75 Å². The van der Waals surface area contributed by atoms with Crippen molar-refractivity contribution in [3.05, 3.63) is 59.9 Å². The van der Waals surface area contributed by atoms with Crippen LogP contribution in [0.1, 0.15) is 15.9 Å². The highest BCUT2D eigenvalue weighted by atomic mass is 16.3. The largest absolute Gasteiger partial charge is 0.508 e. The van der Waals surface area contributed by atoms with E-state index in [1.807, 2.05) is 18.2 Å². The summed E-state index contributed by atoms with van der Waals surface area (Å²) < 4.78 is 0. The second-order valence-corrected chi connectivity index (χ2v) is 4.48. The van der Waals surface area contributed by atoms with Gasteiger partial charge in [-0.1, -0.05) is 6.07 Å². The van der Waals surface area contributed by atoms with Crippen LogP contribution in [0.15, 0.2) is 48.8 Å². The minimum absolute atomic E-state index is 0.145. The first-order valence-corrected chi connectivity index (χ1v) is 6.21. The summed E-state index contributed by atoms with van der Waals surface area (Å²) in [5.41, 5.74) is 3.36. The molecule has 3 aromatic rings. The Morgan fingerprint density at radius 3 is 2.80 bits per heavy atom. The van der Waals surface area contributed by atoms with Crippen LogP contribution in [-0.2, 0) is 6.54 Å². The Labute approximate surface area is 115 Å². The Kier molecular flexibility index (Phi) is 3.09. The van der Waals surface area contributed by atoms with Crippen molar-refractivity contribution in [2.75, 3.05) is 0 Å². The molecule has 0 aliphatic rings. The molecule has 5 heteroatoms. The van der Waals surface area contributed by atoms with E-state index in [-0.39, 0.29) is 11.7 Å². The molecule has 0 fully saturated rings. The van der Waals surface area contributed by atoms with Crippen LogP contribution in [0.25, 0.3) is 11.0 Å². The predicted molar refractivity (Wildman–Crippen MR) is 75.4 cm³/mol. The molecule has 20 heavy (non-hydrogen) atoms. The maximum absolute atomic E-state index is 11.9. The summed E-state index contributed by atoms with van der Waals surface area (Å²) >= 11 is 0. The van der Waals surface area contributed by atoms with Gasteiger partial charge in [0.25, 0.3) is 5.91 Å². The van der Waals surface area contributed by atoms with Gasteiger partial charge in [0.05, 0.1) is 17.4 Å². The molecule has 100 valence electrons. The monoisotopic (exact) mass is 267 g/mol. The molecule has 3 rings (SSSR count). The molecule has 0 unspecified atom stereocenters. The molecule has 0 atom stereocenters. The summed E-state index contributed by atoms with van der Waals surface area (Å²) in [6, 6.07) is 12.0. The highest BCUT2D eigenvalue weighted by Gasteiger charge is 2.05. The van der Waals surface area contributed by atoms with E-state index in [1.165, 1.54) is 12.1 Å². The second kappa shape index (κ2) is 5.05. The molecule has 1 heterocycles. The van der Waals surface area contributed by atoms with Crippen molar-refractivity contribution >= 4 is 16.9 Å². The molecule has 0 aliphatic carbocycles. The van der Waals surface area contributed by atoms with Crippen LogP contribution in [0.4, 0.5) is 0 Å². The molecule has 1 amide bonds. The number of H-pyrrole nitrogens is 1. The predicted octanol–water partition coefficient (Wildman–Crippen LogP) is 2.20. The minimum Gasteiger partial charge on any atom is -0.508 e. The van der Waals surface area contributed by atoms with E-state index in [4.69, 9.17) is 0 Å². The quantitative estimate of drug-likeness (QED) is 0.680. The smallest absolute Gasteiger partial charge is 0.251 e. The molecule has 0 aliphatic heterocycles. The standard InChI is InChI=1S/C15H13N3O2/c19-12-4-2-11(3-5-12)15(20)16-8-10-1-6-13-14(7-10)18-9-17-13/h1-7,9,19H,8H2,(H,16,20)(H,17,18). The Morgan fingerprint density at radius 2 is 2.00 bits per heavy atom. The number of phenols is 1. The van der Waals surface area contributed by atoms with Gasteiger partial charge in [0.1, 0.15) is 5.75 Å². The first-order chi connectivity index (χ1) is 9.72. The van der Waals surface area contributed by atoms with Gasteiger partial charge in [0.15, 0.2) is 0 Å². The van der Waals surface area contributed by atoms with Crippen LogP contribution in [0.3, 0.4) is 0 Å². The average Bonchev–Trinajstić information content (AvgIpc) is 2.93. The summed E-state index contributed by atoms with van der Waals surface area (Å²) in [5.74, 6) is -0.0269. The van der Waals surface area contributed by atoms with E-state index in [0.717, 1.165) is 16.6 Å². The van der Waals surface area contributed by atoms with E-state index < -0.39 is 0 Å². The molecule has 0 bridgehead atoms. The maximum atomic E-state index is 11.9. The zero-order valence-electron chi connectivity index (χ0n) is 10.6. The van der Waals surface area contributed by atoms with Crippen LogP contribution in [0, 0.1) is 0 Å². The van der Waals surface area contributed by atoms with Gasteiger partial charge in [0, 0.05) is 12.1 Å². The number of carbonyl (C=O) groups is 1. The number of imidazole rings is 1. The maximum Gasteiger partial charge on any atom is 0.251 e. The molecular formula is C15H13N3O2. The van der Waals surface area contributed by atoms with E-state index >= 15 is 0 Å². The number of aromatic hydroxyl groups is 1. The highest BCUT2D eigenvalue weighted by Crippen LogP contribution is 2.12. The number of hydrogen-bond acceptors (Lipinski definition) is 3. The number of benzene rings is 2. The Morgan fingerprint density at radius 1 is 1.20 bits per heavy atom. The van der Waals surface area contributed by atoms with Gasteiger partial charge in [-0.2, -0.15) is 0 Å². The lowest BCUT2D eigenvalue weighted by molar-refractivity contribution is 0.0951. The summed E-state index contributed by atoms with van der Waals surface area (Å²) in [6.07, 6.45) is 1.64. The molecule has 0 radical (unpaired) electrons. The van der Waals surface area contributed by atoms with Crippen molar-refractivity contribution in [2.45, 2.75) is 6.54 Å². The lowest BCUT2D eigenvalue weighted by Gasteiger charge is -2.05.